The lowest BCUT2D eigenvalue weighted by Crippen LogP contribution is -2.49. The van der Waals surface area contributed by atoms with Crippen LogP contribution in [-0.2, 0) is 23.3 Å². The topological polar surface area (TPSA) is 101 Å². The van der Waals surface area contributed by atoms with Crippen molar-refractivity contribution in [1.29, 1.82) is 5.26 Å². The molecule has 3 heterocycles. The number of pyridine rings is 1. The van der Waals surface area contributed by atoms with Crippen LogP contribution in [0.25, 0.3) is 0 Å². The molecule has 5 rings (SSSR count). The first-order valence-corrected chi connectivity index (χ1v) is 11.1. The highest BCUT2D eigenvalue weighted by Gasteiger charge is 2.60. The number of para-hydroxylation sites is 1. The van der Waals surface area contributed by atoms with Crippen molar-refractivity contribution in [3.8, 4) is 11.8 Å². The average molecular weight is 453 g/mol. The number of hydrogen-bond donors (Lipinski definition) is 1. The Morgan fingerprint density at radius 1 is 1.09 bits per heavy atom. The van der Waals surface area contributed by atoms with E-state index in [9.17, 15) is 14.9 Å². The number of aryl methyl sites for hydroxylation is 2. The molecule has 0 saturated heterocycles. The van der Waals surface area contributed by atoms with Gasteiger partial charge in [0.2, 0.25) is 11.8 Å². The summed E-state index contributed by atoms with van der Waals surface area (Å²) < 4.78 is 7.35. The molecule has 1 amide bonds. The number of benzene rings is 2. The zero-order chi connectivity index (χ0) is 24.2. The van der Waals surface area contributed by atoms with Crippen molar-refractivity contribution in [3.63, 3.8) is 0 Å². The lowest BCUT2D eigenvalue weighted by molar-refractivity contribution is -0.121. The van der Waals surface area contributed by atoms with Crippen molar-refractivity contribution in [3.05, 3.63) is 104 Å². The third-order valence-electron chi connectivity index (χ3n) is 6.74. The summed E-state index contributed by atoms with van der Waals surface area (Å²) in [6.45, 7) is 6.37. The Kier molecular flexibility index (Phi) is 4.83. The van der Waals surface area contributed by atoms with Gasteiger partial charge in [-0.3, -0.25) is 9.59 Å². The molecule has 1 spiro atoms. The number of ether oxygens (including phenoxy) is 1. The van der Waals surface area contributed by atoms with Crippen molar-refractivity contribution in [2.45, 2.75) is 39.3 Å². The molecular formula is C27H24N4O3. The summed E-state index contributed by atoms with van der Waals surface area (Å²) >= 11 is 0. The molecule has 0 saturated carbocycles. The van der Waals surface area contributed by atoms with E-state index in [1.54, 1.807) is 34.6 Å². The lowest BCUT2D eigenvalue weighted by atomic mass is 9.69. The fraction of sp³-hybridized carbons (Fsp3) is 0.222. The number of fused-ring (bicyclic) bond motifs is 4. The molecule has 170 valence electrons. The van der Waals surface area contributed by atoms with Crippen molar-refractivity contribution >= 4 is 11.6 Å². The lowest BCUT2D eigenvalue weighted by Gasteiger charge is -2.34. The number of aromatic nitrogens is 1. The quantitative estimate of drug-likeness (QED) is 0.656. The van der Waals surface area contributed by atoms with Crippen LogP contribution in [0.2, 0.25) is 0 Å². The summed E-state index contributed by atoms with van der Waals surface area (Å²) in [6, 6.07) is 19.0. The number of anilines is 1. The van der Waals surface area contributed by atoms with Gasteiger partial charge in [-0.15, -0.1) is 0 Å². The number of nitrogens with zero attached hydrogens (tertiary/aromatic N) is 3. The van der Waals surface area contributed by atoms with E-state index in [0.717, 1.165) is 11.1 Å². The van der Waals surface area contributed by atoms with Gasteiger partial charge in [0.25, 0.3) is 5.56 Å². The van der Waals surface area contributed by atoms with Gasteiger partial charge in [-0.05, 0) is 32.4 Å². The smallest absolute Gasteiger partial charge is 0.259 e. The van der Waals surface area contributed by atoms with Crippen LogP contribution in [0.1, 0.15) is 34.9 Å². The van der Waals surface area contributed by atoms with Crippen molar-refractivity contribution < 1.29 is 9.53 Å². The van der Waals surface area contributed by atoms with Crippen LogP contribution in [0.15, 0.2) is 70.8 Å². The van der Waals surface area contributed by atoms with E-state index in [2.05, 4.69) is 6.07 Å². The zero-order valence-corrected chi connectivity index (χ0v) is 19.3. The van der Waals surface area contributed by atoms with Gasteiger partial charge in [0.1, 0.15) is 17.4 Å². The van der Waals surface area contributed by atoms with Gasteiger partial charge in [0.05, 0.1) is 12.1 Å². The maximum atomic E-state index is 14.4. The highest BCUT2D eigenvalue weighted by molar-refractivity contribution is 6.14. The fourth-order valence-corrected chi connectivity index (χ4v) is 5.15. The van der Waals surface area contributed by atoms with E-state index in [1.165, 1.54) is 0 Å². The molecule has 0 bridgehead atoms. The van der Waals surface area contributed by atoms with E-state index in [-0.39, 0.29) is 34.2 Å². The summed E-state index contributed by atoms with van der Waals surface area (Å²) in [5.74, 6) is -0.339. The van der Waals surface area contributed by atoms with Crippen LogP contribution >= 0.6 is 0 Å². The van der Waals surface area contributed by atoms with Gasteiger partial charge in [-0.2, -0.15) is 5.26 Å². The summed E-state index contributed by atoms with van der Waals surface area (Å²) in [5.41, 5.74) is 8.19. The van der Waals surface area contributed by atoms with Crippen LogP contribution in [0.5, 0.6) is 5.75 Å². The number of carbonyl (C=O) groups excluding carboxylic acids is 1. The standard InChI is InChI=1S/C27H24N4O3/c1-4-30-17(3)13-22-23(25(30)32)27(20(14-28)24(29)34-22)19-7-5-6-8-21(19)31(26(27)33)15-18-11-9-16(2)10-12-18/h5-13H,4,15,29H2,1-3H3. The number of rotatable bonds is 3. The van der Waals surface area contributed by atoms with Crippen molar-refractivity contribution in [2.24, 2.45) is 5.73 Å². The molecule has 0 radical (unpaired) electrons. The van der Waals surface area contributed by atoms with Crippen LogP contribution in [0, 0.1) is 25.2 Å². The molecule has 2 aromatic carbocycles. The first kappa shape index (κ1) is 21.5. The Labute approximate surface area is 197 Å². The predicted molar refractivity (Wildman–Crippen MR) is 128 cm³/mol. The molecule has 0 fully saturated rings. The third-order valence-corrected chi connectivity index (χ3v) is 6.74. The van der Waals surface area contributed by atoms with Gasteiger partial charge >= 0.3 is 0 Å². The third kappa shape index (κ3) is 2.75. The molecule has 2 aliphatic rings. The minimum atomic E-state index is -1.67. The molecular weight excluding hydrogens is 428 g/mol. The molecule has 1 unspecified atom stereocenters. The summed E-state index contributed by atoms with van der Waals surface area (Å²) in [4.78, 5) is 29.8. The number of nitriles is 1. The van der Waals surface area contributed by atoms with Crippen molar-refractivity contribution in [2.75, 3.05) is 4.90 Å². The molecule has 0 aliphatic carbocycles. The maximum Gasteiger partial charge on any atom is 0.259 e. The number of amides is 1. The Hall–Kier alpha value is -4.31. The van der Waals surface area contributed by atoms with Gasteiger partial charge < -0.3 is 19.9 Å². The van der Waals surface area contributed by atoms with E-state index in [4.69, 9.17) is 10.5 Å². The average Bonchev–Trinajstić information content (AvgIpc) is 3.04. The summed E-state index contributed by atoms with van der Waals surface area (Å²) in [5, 5.41) is 10.2. The molecule has 34 heavy (non-hydrogen) atoms. The normalized spacial score (nSPS) is 18.5. The van der Waals surface area contributed by atoms with Gasteiger partial charge in [0, 0.05) is 29.6 Å². The molecule has 3 aromatic rings. The van der Waals surface area contributed by atoms with Crippen LogP contribution in [0.3, 0.4) is 0 Å². The Balaban J connectivity index is 1.84. The van der Waals surface area contributed by atoms with E-state index < -0.39 is 5.41 Å². The second kappa shape index (κ2) is 7.63. The van der Waals surface area contributed by atoms with Gasteiger partial charge in [-0.1, -0.05) is 48.0 Å². The zero-order valence-electron chi connectivity index (χ0n) is 19.3. The van der Waals surface area contributed by atoms with Gasteiger partial charge in [-0.25, -0.2) is 0 Å². The van der Waals surface area contributed by atoms with E-state index >= 15 is 0 Å². The SMILES string of the molecule is CCn1c(C)cc2c(c1=O)C1(C(=O)N(Cc3ccc(C)cc3)c3ccccc31)C(C#N)=C(N)O2. The van der Waals surface area contributed by atoms with E-state index in [1.807, 2.05) is 50.2 Å². The van der Waals surface area contributed by atoms with Crippen LogP contribution < -0.4 is 20.9 Å². The first-order valence-electron chi connectivity index (χ1n) is 11.1. The molecule has 1 atom stereocenters. The summed E-state index contributed by atoms with van der Waals surface area (Å²) in [6.07, 6.45) is 0. The minimum Gasteiger partial charge on any atom is -0.440 e. The fourth-order valence-electron chi connectivity index (χ4n) is 5.15. The molecule has 2 aliphatic heterocycles. The second-order valence-electron chi connectivity index (χ2n) is 8.67. The first-order chi connectivity index (χ1) is 16.3. The largest absolute Gasteiger partial charge is 0.440 e. The maximum absolute atomic E-state index is 14.4. The molecule has 2 N–H and O–H groups in total. The highest BCUT2D eigenvalue weighted by atomic mass is 16.5. The molecule has 1 aromatic heterocycles. The predicted octanol–water partition coefficient (Wildman–Crippen LogP) is 3.40. The van der Waals surface area contributed by atoms with E-state index in [0.29, 0.717) is 30.0 Å². The Morgan fingerprint density at radius 2 is 1.79 bits per heavy atom. The number of hydrogen-bond acceptors (Lipinski definition) is 5. The monoisotopic (exact) mass is 452 g/mol. The highest BCUT2D eigenvalue weighted by Crippen LogP contribution is 2.54. The number of carbonyl (C=O) groups is 1. The molecule has 7 nitrogen and oxygen atoms in total. The van der Waals surface area contributed by atoms with Crippen LogP contribution in [0.4, 0.5) is 5.69 Å². The molecule has 7 heteroatoms. The van der Waals surface area contributed by atoms with Crippen molar-refractivity contribution in [1.82, 2.24) is 4.57 Å². The Morgan fingerprint density at radius 3 is 2.47 bits per heavy atom. The van der Waals surface area contributed by atoms with Crippen LogP contribution in [-0.4, -0.2) is 10.5 Å². The number of nitrogens with two attached hydrogens (primary N) is 1. The Bertz CT molecular complexity index is 1480. The van der Waals surface area contributed by atoms with Gasteiger partial charge in [0.15, 0.2) is 5.41 Å². The summed E-state index contributed by atoms with van der Waals surface area (Å²) in [7, 11) is 0. The minimum absolute atomic E-state index is 0.0625. The second-order valence-corrected chi connectivity index (χ2v) is 8.67.